The zero-order valence-electron chi connectivity index (χ0n) is 17.7. The van der Waals surface area contributed by atoms with Crippen LogP contribution in [0.2, 0.25) is 0 Å². The number of piperazine rings is 1. The summed E-state index contributed by atoms with van der Waals surface area (Å²) in [7, 11) is 0. The third-order valence-electron chi connectivity index (χ3n) is 5.58. The van der Waals surface area contributed by atoms with Gasteiger partial charge in [-0.2, -0.15) is 13.2 Å². The van der Waals surface area contributed by atoms with Gasteiger partial charge in [-0.3, -0.25) is 19.8 Å². The zero-order valence-corrected chi connectivity index (χ0v) is 17.7. The molecule has 1 fully saturated rings. The fourth-order valence-corrected chi connectivity index (χ4v) is 3.66. The summed E-state index contributed by atoms with van der Waals surface area (Å²) in [5.41, 5.74) is 1.00. The monoisotopic (exact) mass is 450 g/mol. The normalized spacial score (nSPS) is 15.5. The van der Waals surface area contributed by atoms with Crippen LogP contribution in [-0.2, 0) is 17.5 Å². The molecule has 32 heavy (non-hydrogen) atoms. The molecular formula is C22H25F3N4O3. The van der Waals surface area contributed by atoms with Crippen molar-refractivity contribution >= 4 is 17.3 Å². The van der Waals surface area contributed by atoms with E-state index in [4.69, 9.17) is 0 Å². The Morgan fingerprint density at radius 2 is 1.69 bits per heavy atom. The molecule has 0 aromatic heterocycles. The van der Waals surface area contributed by atoms with Crippen LogP contribution in [0.15, 0.2) is 42.5 Å². The molecule has 0 spiro atoms. The molecule has 0 unspecified atom stereocenters. The van der Waals surface area contributed by atoms with E-state index in [0.717, 1.165) is 43.9 Å². The molecule has 10 heteroatoms. The molecule has 7 nitrogen and oxygen atoms in total. The van der Waals surface area contributed by atoms with Crippen molar-refractivity contribution in [2.24, 2.45) is 0 Å². The summed E-state index contributed by atoms with van der Waals surface area (Å²) in [4.78, 5) is 27.2. The van der Waals surface area contributed by atoms with E-state index in [9.17, 15) is 28.1 Å². The smallest absolute Gasteiger partial charge is 0.326 e. The lowest BCUT2D eigenvalue weighted by Gasteiger charge is -2.34. The summed E-state index contributed by atoms with van der Waals surface area (Å²) >= 11 is 0. The van der Waals surface area contributed by atoms with Gasteiger partial charge in [-0.05, 0) is 30.7 Å². The Bertz CT molecular complexity index is 956. The molecule has 1 N–H and O–H groups in total. The van der Waals surface area contributed by atoms with E-state index in [1.54, 1.807) is 13.0 Å². The third kappa shape index (κ3) is 6.27. The van der Waals surface area contributed by atoms with Crippen molar-refractivity contribution in [1.29, 1.82) is 0 Å². The van der Waals surface area contributed by atoms with E-state index in [2.05, 4.69) is 15.1 Å². The van der Waals surface area contributed by atoms with E-state index in [1.165, 1.54) is 24.3 Å². The number of nitrogens with one attached hydrogen (secondary N) is 1. The maximum absolute atomic E-state index is 12.7. The first-order valence-electron chi connectivity index (χ1n) is 10.3. The van der Waals surface area contributed by atoms with Gasteiger partial charge in [0, 0.05) is 51.8 Å². The van der Waals surface area contributed by atoms with Crippen LogP contribution in [-0.4, -0.2) is 53.4 Å². The van der Waals surface area contributed by atoms with Gasteiger partial charge < -0.3 is 10.2 Å². The van der Waals surface area contributed by atoms with Gasteiger partial charge in [-0.25, -0.2) is 0 Å². The molecule has 0 atom stereocenters. The number of anilines is 1. The minimum Gasteiger partial charge on any atom is -0.326 e. The number of nitro groups is 1. The van der Waals surface area contributed by atoms with Gasteiger partial charge >= 0.3 is 6.18 Å². The molecule has 0 saturated carbocycles. The molecule has 2 aromatic rings. The fourth-order valence-electron chi connectivity index (χ4n) is 3.66. The van der Waals surface area contributed by atoms with Crippen LogP contribution in [0, 0.1) is 17.0 Å². The summed E-state index contributed by atoms with van der Waals surface area (Å²) in [6, 6.07) is 9.80. The van der Waals surface area contributed by atoms with Crippen molar-refractivity contribution in [2.45, 2.75) is 26.1 Å². The molecule has 2 aromatic carbocycles. The highest BCUT2D eigenvalue weighted by molar-refractivity contribution is 5.92. The Morgan fingerprint density at radius 1 is 1.06 bits per heavy atom. The van der Waals surface area contributed by atoms with Gasteiger partial charge in [0.15, 0.2) is 0 Å². The van der Waals surface area contributed by atoms with Gasteiger partial charge in [0.05, 0.1) is 21.7 Å². The van der Waals surface area contributed by atoms with E-state index >= 15 is 0 Å². The number of hydrogen-bond donors (Lipinski definition) is 1. The fraction of sp³-hybridized carbons (Fsp3) is 0.409. The number of nitrogens with zero attached hydrogens (tertiary/aromatic N) is 3. The minimum atomic E-state index is -4.33. The molecule has 1 aliphatic heterocycles. The van der Waals surface area contributed by atoms with Crippen molar-refractivity contribution < 1.29 is 22.9 Å². The Hall–Kier alpha value is -2.98. The summed E-state index contributed by atoms with van der Waals surface area (Å²) in [6.45, 7) is 5.77. The van der Waals surface area contributed by atoms with Crippen LogP contribution in [0.3, 0.4) is 0 Å². The Labute approximate surface area is 184 Å². The maximum Gasteiger partial charge on any atom is 0.416 e. The highest BCUT2D eigenvalue weighted by atomic mass is 19.4. The first-order valence-corrected chi connectivity index (χ1v) is 10.3. The number of halogens is 3. The molecule has 0 bridgehead atoms. The average molecular weight is 450 g/mol. The lowest BCUT2D eigenvalue weighted by Crippen LogP contribution is -2.46. The predicted octanol–water partition coefficient (Wildman–Crippen LogP) is 4.07. The summed E-state index contributed by atoms with van der Waals surface area (Å²) < 4.78 is 38.0. The number of benzene rings is 2. The highest BCUT2D eigenvalue weighted by Crippen LogP contribution is 2.29. The molecule has 0 radical (unpaired) electrons. The first-order chi connectivity index (χ1) is 15.1. The number of nitro benzene ring substituents is 1. The van der Waals surface area contributed by atoms with Crippen molar-refractivity contribution in [3.63, 3.8) is 0 Å². The lowest BCUT2D eigenvalue weighted by molar-refractivity contribution is -0.385. The van der Waals surface area contributed by atoms with Crippen molar-refractivity contribution in [2.75, 3.05) is 38.0 Å². The van der Waals surface area contributed by atoms with E-state index in [1.807, 2.05) is 0 Å². The number of amides is 1. The second-order valence-electron chi connectivity index (χ2n) is 7.82. The van der Waals surface area contributed by atoms with E-state index < -0.39 is 16.7 Å². The molecule has 1 aliphatic rings. The topological polar surface area (TPSA) is 78.7 Å². The number of carbonyl (C=O) groups excluding carboxylic acids is 1. The largest absolute Gasteiger partial charge is 0.416 e. The third-order valence-corrected chi connectivity index (χ3v) is 5.58. The average Bonchev–Trinajstić information content (AvgIpc) is 2.74. The van der Waals surface area contributed by atoms with Gasteiger partial charge in [-0.15, -0.1) is 0 Å². The summed E-state index contributed by atoms with van der Waals surface area (Å²) in [5, 5.41) is 13.8. The Balaban J connectivity index is 1.42. The first kappa shape index (κ1) is 23.7. The summed E-state index contributed by atoms with van der Waals surface area (Å²) in [5.74, 6) is -0.208. The lowest BCUT2D eigenvalue weighted by atomic mass is 10.1. The van der Waals surface area contributed by atoms with Gasteiger partial charge in [0.2, 0.25) is 5.91 Å². The molecule has 172 valence electrons. The van der Waals surface area contributed by atoms with Crippen LogP contribution in [0.1, 0.15) is 23.1 Å². The van der Waals surface area contributed by atoms with Crippen molar-refractivity contribution in [1.82, 2.24) is 9.80 Å². The minimum absolute atomic E-state index is 0.0352. The van der Waals surface area contributed by atoms with Gasteiger partial charge in [-0.1, -0.05) is 18.2 Å². The Morgan fingerprint density at radius 3 is 2.28 bits per heavy atom. The van der Waals surface area contributed by atoms with Crippen LogP contribution in [0.4, 0.5) is 24.5 Å². The highest BCUT2D eigenvalue weighted by Gasteiger charge is 2.30. The van der Waals surface area contributed by atoms with E-state index in [-0.39, 0.29) is 18.0 Å². The number of carbonyl (C=O) groups is 1. The van der Waals surface area contributed by atoms with Crippen LogP contribution < -0.4 is 5.32 Å². The van der Waals surface area contributed by atoms with Gasteiger partial charge in [0.25, 0.3) is 5.69 Å². The second-order valence-corrected chi connectivity index (χ2v) is 7.82. The van der Waals surface area contributed by atoms with Gasteiger partial charge in [0.1, 0.15) is 0 Å². The maximum atomic E-state index is 12.7. The van der Waals surface area contributed by atoms with E-state index in [0.29, 0.717) is 24.3 Å². The molecule has 1 amide bonds. The number of hydrogen-bond acceptors (Lipinski definition) is 5. The molecule has 0 aliphatic carbocycles. The van der Waals surface area contributed by atoms with Crippen LogP contribution in [0.25, 0.3) is 0 Å². The predicted molar refractivity (Wildman–Crippen MR) is 114 cm³/mol. The van der Waals surface area contributed by atoms with Crippen LogP contribution >= 0.6 is 0 Å². The number of rotatable bonds is 7. The second kappa shape index (κ2) is 10.1. The number of alkyl halides is 3. The molecule has 3 rings (SSSR count). The molecular weight excluding hydrogens is 425 g/mol. The zero-order chi connectivity index (χ0) is 23.3. The molecule has 1 saturated heterocycles. The quantitative estimate of drug-likeness (QED) is 0.508. The standard InChI is InChI=1S/C22H25F3N4O3/c1-16-19(3-2-4-20(16)29(31)32)26-21(30)9-10-27-11-13-28(14-12-27)15-17-5-7-18(8-6-17)22(23,24)25/h2-8H,9-15H2,1H3,(H,26,30). The SMILES string of the molecule is Cc1c(NC(=O)CCN2CCN(Cc3ccc(C(F)(F)F)cc3)CC2)cccc1[N+](=O)[O-]. The van der Waals surface area contributed by atoms with Crippen molar-refractivity contribution in [3.8, 4) is 0 Å². The Kier molecular flexibility index (Phi) is 7.47. The van der Waals surface area contributed by atoms with Crippen molar-refractivity contribution in [3.05, 3.63) is 69.3 Å². The summed E-state index contributed by atoms with van der Waals surface area (Å²) in [6.07, 6.45) is -4.06. The molecule has 1 heterocycles. The van der Waals surface area contributed by atoms with Crippen LogP contribution in [0.5, 0.6) is 0 Å².